The van der Waals surface area contributed by atoms with Gasteiger partial charge in [-0.1, -0.05) is 31.5 Å². The molecule has 0 heterocycles. The number of nitrogens with one attached hydrogen (secondary N) is 1. The Balaban J connectivity index is 0.00000576. The molecule has 0 aromatic heterocycles. The lowest BCUT2D eigenvalue weighted by atomic mass is 10.2. The molecule has 5 nitrogen and oxygen atoms in total. The second-order valence-corrected chi connectivity index (χ2v) is 6.20. The van der Waals surface area contributed by atoms with Crippen LogP contribution in [0.5, 0.6) is 5.75 Å². The molecule has 1 aromatic carbocycles. The highest BCUT2D eigenvalue weighted by atomic mass is 127. The molecule has 0 saturated carbocycles. The van der Waals surface area contributed by atoms with E-state index in [1.165, 1.54) is 12.8 Å². The van der Waals surface area contributed by atoms with Crippen molar-refractivity contribution in [3.05, 3.63) is 29.8 Å². The Hall–Kier alpha value is -1.02. The van der Waals surface area contributed by atoms with Gasteiger partial charge in [0, 0.05) is 32.2 Å². The van der Waals surface area contributed by atoms with E-state index in [1.54, 1.807) is 0 Å². The van der Waals surface area contributed by atoms with Crippen LogP contribution in [0, 0.1) is 0 Å². The molecule has 0 unspecified atom stereocenters. The molecule has 144 valence electrons. The fraction of sp³-hybridized carbons (Fsp3) is 0.632. The first-order valence-corrected chi connectivity index (χ1v) is 8.93. The minimum Gasteiger partial charge on any atom is -0.492 e. The van der Waals surface area contributed by atoms with Crippen LogP contribution >= 0.6 is 24.0 Å². The summed E-state index contributed by atoms with van der Waals surface area (Å²) in [7, 11) is 6.19. The second-order valence-electron chi connectivity index (χ2n) is 6.20. The number of likely N-dealkylation sites (N-methyl/N-ethyl adjacent to an activating group) is 1. The highest BCUT2D eigenvalue weighted by Crippen LogP contribution is 2.19. The van der Waals surface area contributed by atoms with Crippen molar-refractivity contribution in [2.24, 2.45) is 4.99 Å². The molecule has 0 aliphatic heterocycles. The van der Waals surface area contributed by atoms with E-state index in [4.69, 9.17) is 9.73 Å². The molecule has 0 spiro atoms. The summed E-state index contributed by atoms with van der Waals surface area (Å²) in [5, 5.41) is 3.37. The van der Waals surface area contributed by atoms with Gasteiger partial charge in [0.05, 0.1) is 6.54 Å². The number of unbranched alkanes of at least 4 members (excludes halogenated alkanes) is 1. The zero-order chi connectivity index (χ0) is 17.8. The summed E-state index contributed by atoms with van der Waals surface area (Å²) in [6.07, 6.45) is 2.36. The van der Waals surface area contributed by atoms with Gasteiger partial charge in [0.25, 0.3) is 0 Å². The van der Waals surface area contributed by atoms with E-state index in [0.29, 0.717) is 13.2 Å². The van der Waals surface area contributed by atoms with Gasteiger partial charge in [0.15, 0.2) is 5.96 Å². The third-order valence-corrected chi connectivity index (χ3v) is 3.71. The van der Waals surface area contributed by atoms with Crippen molar-refractivity contribution < 1.29 is 4.74 Å². The fourth-order valence-corrected chi connectivity index (χ4v) is 2.24. The normalized spacial score (nSPS) is 11.2. The summed E-state index contributed by atoms with van der Waals surface area (Å²) in [6, 6.07) is 8.16. The highest BCUT2D eigenvalue weighted by Gasteiger charge is 2.07. The average molecular weight is 462 g/mol. The monoisotopic (exact) mass is 462 g/mol. The number of aliphatic imine (C=N–C) groups is 1. The third kappa shape index (κ3) is 9.89. The molecule has 0 radical (unpaired) electrons. The zero-order valence-corrected chi connectivity index (χ0v) is 18.7. The molecule has 0 aliphatic rings. The summed E-state index contributed by atoms with van der Waals surface area (Å²) in [5.41, 5.74) is 1.12. The summed E-state index contributed by atoms with van der Waals surface area (Å²) in [5.74, 6) is 1.88. The summed E-state index contributed by atoms with van der Waals surface area (Å²) < 4.78 is 5.92. The van der Waals surface area contributed by atoms with Crippen molar-refractivity contribution in [2.75, 3.05) is 47.4 Å². The maximum absolute atomic E-state index is 5.92. The van der Waals surface area contributed by atoms with Gasteiger partial charge >= 0.3 is 0 Å². The molecule has 6 heteroatoms. The Labute approximate surface area is 170 Å². The van der Waals surface area contributed by atoms with E-state index in [2.05, 4.69) is 42.1 Å². The Kier molecular flexibility index (Phi) is 13.6. The largest absolute Gasteiger partial charge is 0.492 e. The van der Waals surface area contributed by atoms with E-state index in [0.717, 1.165) is 36.9 Å². The maximum Gasteiger partial charge on any atom is 0.193 e. The summed E-state index contributed by atoms with van der Waals surface area (Å²) in [6.45, 7) is 8.40. The predicted octanol–water partition coefficient (Wildman–Crippen LogP) is 3.44. The van der Waals surface area contributed by atoms with Crippen LogP contribution in [0.25, 0.3) is 0 Å². The van der Waals surface area contributed by atoms with E-state index in [9.17, 15) is 0 Å². The van der Waals surface area contributed by atoms with Gasteiger partial charge in [0.1, 0.15) is 12.4 Å². The van der Waals surface area contributed by atoms with Gasteiger partial charge in [-0.15, -0.1) is 24.0 Å². The Bertz CT molecular complexity index is 494. The molecular weight excluding hydrogens is 427 g/mol. The Morgan fingerprint density at radius 2 is 1.84 bits per heavy atom. The minimum absolute atomic E-state index is 0. The van der Waals surface area contributed by atoms with Crippen LogP contribution in [-0.4, -0.2) is 63.1 Å². The molecule has 0 fully saturated rings. The molecule has 0 amide bonds. The van der Waals surface area contributed by atoms with Gasteiger partial charge in [-0.2, -0.15) is 0 Å². The summed E-state index contributed by atoms with van der Waals surface area (Å²) in [4.78, 5) is 9.10. The number of para-hydroxylation sites is 1. The van der Waals surface area contributed by atoms with Crippen LogP contribution in [0.1, 0.15) is 32.3 Å². The number of halogens is 1. The smallest absolute Gasteiger partial charge is 0.193 e. The zero-order valence-electron chi connectivity index (χ0n) is 16.4. The lowest BCUT2D eigenvalue weighted by molar-refractivity contribution is 0.259. The van der Waals surface area contributed by atoms with Crippen molar-refractivity contribution in [3.63, 3.8) is 0 Å². The van der Waals surface area contributed by atoms with E-state index in [1.807, 2.05) is 32.3 Å². The van der Waals surface area contributed by atoms with Crippen LogP contribution in [0.3, 0.4) is 0 Å². The first-order valence-electron chi connectivity index (χ1n) is 8.93. The molecule has 0 atom stereocenters. The van der Waals surface area contributed by atoms with Crippen molar-refractivity contribution in [2.45, 2.75) is 33.2 Å². The average Bonchev–Trinajstić information content (AvgIpc) is 2.57. The van der Waals surface area contributed by atoms with Gasteiger partial charge in [-0.25, -0.2) is 4.99 Å². The SMILES string of the molecule is CCCCN(C)C(=NCc1ccccc1OCCN(C)C)NCC.I. The number of guanidine groups is 1. The quantitative estimate of drug-likeness (QED) is 0.329. The first kappa shape index (κ1) is 24.0. The second kappa shape index (κ2) is 14.2. The molecule has 0 aliphatic carbocycles. The molecule has 25 heavy (non-hydrogen) atoms. The van der Waals surface area contributed by atoms with E-state index < -0.39 is 0 Å². The van der Waals surface area contributed by atoms with Crippen LogP contribution in [0.4, 0.5) is 0 Å². The number of hydrogen-bond donors (Lipinski definition) is 1. The fourth-order valence-electron chi connectivity index (χ4n) is 2.24. The van der Waals surface area contributed by atoms with Gasteiger partial charge in [-0.05, 0) is 33.5 Å². The third-order valence-electron chi connectivity index (χ3n) is 3.71. The minimum atomic E-state index is 0. The van der Waals surface area contributed by atoms with Crippen LogP contribution in [0.2, 0.25) is 0 Å². The van der Waals surface area contributed by atoms with Crippen molar-refractivity contribution >= 4 is 29.9 Å². The number of nitrogens with zero attached hydrogens (tertiary/aromatic N) is 3. The standard InChI is InChI=1S/C19H34N4O.HI/c1-6-8-13-23(5)19(20-7-2)21-16-17-11-9-10-12-18(17)24-15-14-22(3)4;/h9-12H,6-8,13-16H2,1-5H3,(H,20,21);1H. The van der Waals surface area contributed by atoms with Crippen molar-refractivity contribution in [3.8, 4) is 5.75 Å². The van der Waals surface area contributed by atoms with Crippen LogP contribution in [-0.2, 0) is 6.54 Å². The van der Waals surface area contributed by atoms with Crippen molar-refractivity contribution in [1.82, 2.24) is 15.1 Å². The topological polar surface area (TPSA) is 40.1 Å². The summed E-state index contributed by atoms with van der Waals surface area (Å²) >= 11 is 0. The molecular formula is C19H35IN4O. The molecule has 1 N–H and O–H groups in total. The first-order chi connectivity index (χ1) is 11.6. The molecule has 1 aromatic rings. The van der Waals surface area contributed by atoms with E-state index >= 15 is 0 Å². The highest BCUT2D eigenvalue weighted by molar-refractivity contribution is 14.0. The van der Waals surface area contributed by atoms with Gasteiger partial charge in [0.2, 0.25) is 0 Å². The number of benzene rings is 1. The number of hydrogen-bond acceptors (Lipinski definition) is 3. The Morgan fingerprint density at radius 3 is 2.48 bits per heavy atom. The number of rotatable bonds is 10. The lowest BCUT2D eigenvalue weighted by Gasteiger charge is -2.22. The van der Waals surface area contributed by atoms with Crippen LogP contribution < -0.4 is 10.1 Å². The molecule has 0 bridgehead atoms. The van der Waals surface area contributed by atoms with Gasteiger partial charge in [-0.3, -0.25) is 0 Å². The van der Waals surface area contributed by atoms with Crippen molar-refractivity contribution in [1.29, 1.82) is 0 Å². The Morgan fingerprint density at radius 1 is 1.12 bits per heavy atom. The maximum atomic E-state index is 5.92. The lowest BCUT2D eigenvalue weighted by Crippen LogP contribution is -2.39. The van der Waals surface area contributed by atoms with Gasteiger partial charge < -0.3 is 19.9 Å². The molecule has 0 saturated heterocycles. The number of ether oxygens (including phenoxy) is 1. The predicted molar refractivity (Wildman–Crippen MR) is 118 cm³/mol. The molecule has 1 rings (SSSR count). The van der Waals surface area contributed by atoms with E-state index in [-0.39, 0.29) is 24.0 Å². The van der Waals surface area contributed by atoms with Crippen LogP contribution in [0.15, 0.2) is 29.3 Å².